The van der Waals surface area contributed by atoms with Gasteiger partial charge in [0.25, 0.3) is 0 Å². The Morgan fingerprint density at radius 2 is 1.94 bits per heavy atom. The molecule has 0 fully saturated rings. The number of carbonyl (C=O) groups is 1. The van der Waals surface area contributed by atoms with Gasteiger partial charge in [-0.1, -0.05) is 42.5 Å². The Morgan fingerprint density at radius 3 is 2.71 bits per heavy atom. The number of rotatable bonds is 3. The first kappa shape index (κ1) is 11.6. The van der Waals surface area contributed by atoms with Crippen molar-refractivity contribution in [2.24, 2.45) is 5.73 Å². The average Bonchev–Trinajstić information content (AvgIpc) is 2.35. The summed E-state index contributed by atoms with van der Waals surface area (Å²) in [6.45, 7) is 2.19. The molecule has 88 valence electrons. The molecule has 0 aromatic heterocycles. The van der Waals surface area contributed by atoms with E-state index < -0.39 is 6.04 Å². The number of benzene rings is 2. The standard InChI is InChI=1S/C14H16N2O/c1-10(15)14(17)16-9-12-7-4-6-11-5-2-3-8-13(11)12/h2-8,10H,9,15H2,1H3,(H,16,17). The molecule has 0 bridgehead atoms. The van der Waals surface area contributed by atoms with Crippen molar-refractivity contribution in [3.05, 3.63) is 48.0 Å². The number of fused-ring (bicyclic) bond motifs is 1. The molecular formula is C14H16N2O. The maximum absolute atomic E-state index is 11.4. The Morgan fingerprint density at radius 1 is 1.24 bits per heavy atom. The number of nitrogens with two attached hydrogens (primary N) is 1. The third-order valence-corrected chi connectivity index (χ3v) is 2.75. The molecule has 1 amide bonds. The van der Waals surface area contributed by atoms with Crippen LogP contribution >= 0.6 is 0 Å². The van der Waals surface area contributed by atoms with E-state index in [9.17, 15) is 4.79 Å². The minimum atomic E-state index is -0.468. The van der Waals surface area contributed by atoms with Crippen molar-refractivity contribution in [3.8, 4) is 0 Å². The molecule has 0 heterocycles. The van der Waals surface area contributed by atoms with Crippen LogP contribution in [0.15, 0.2) is 42.5 Å². The summed E-state index contributed by atoms with van der Waals surface area (Å²) < 4.78 is 0. The van der Waals surface area contributed by atoms with Gasteiger partial charge in [0, 0.05) is 6.54 Å². The fourth-order valence-electron chi connectivity index (χ4n) is 1.79. The van der Waals surface area contributed by atoms with Crippen LogP contribution in [0.4, 0.5) is 0 Å². The largest absolute Gasteiger partial charge is 0.351 e. The first-order valence-electron chi connectivity index (χ1n) is 5.68. The van der Waals surface area contributed by atoms with Crippen molar-refractivity contribution in [1.29, 1.82) is 0 Å². The van der Waals surface area contributed by atoms with E-state index in [0.29, 0.717) is 6.54 Å². The molecule has 0 spiro atoms. The zero-order valence-electron chi connectivity index (χ0n) is 9.81. The zero-order chi connectivity index (χ0) is 12.3. The third kappa shape index (κ3) is 2.63. The maximum atomic E-state index is 11.4. The molecule has 3 nitrogen and oxygen atoms in total. The second kappa shape index (κ2) is 4.97. The highest BCUT2D eigenvalue weighted by Crippen LogP contribution is 2.18. The lowest BCUT2D eigenvalue weighted by Crippen LogP contribution is -2.37. The number of carbonyl (C=O) groups excluding carboxylic acids is 1. The Balaban J connectivity index is 2.21. The summed E-state index contributed by atoms with van der Waals surface area (Å²) in [5.41, 5.74) is 6.61. The van der Waals surface area contributed by atoms with Crippen molar-refractivity contribution in [2.75, 3.05) is 0 Å². The van der Waals surface area contributed by atoms with Crippen molar-refractivity contribution in [1.82, 2.24) is 5.32 Å². The smallest absolute Gasteiger partial charge is 0.236 e. The molecule has 0 saturated carbocycles. The van der Waals surface area contributed by atoms with Crippen molar-refractivity contribution in [3.63, 3.8) is 0 Å². The van der Waals surface area contributed by atoms with Gasteiger partial charge in [-0.25, -0.2) is 0 Å². The second-order valence-corrected chi connectivity index (χ2v) is 4.14. The highest BCUT2D eigenvalue weighted by Gasteiger charge is 2.07. The third-order valence-electron chi connectivity index (χ3n) is 2.75. The number of hydrogen-bond donors (Lipinski definition) is 2. The lowest BCUT2D eigenvalue weighted by atomic mass is 10.0. The molecule has 3 N–H and O–H groups in total. The number of amides is 1. The summed E-state index contributed by atoms with van der Waals surface area (Å²) in [7, 11) is 0. The Kier molecular flexibility index (Phi) is 3.40. The van der Waals surface area contributed by atoms with Crippen LogP contribution in [0.2, 0.25) is 0 Å². The van der Waals surface area contributed by atoms with Crippen LogP contribution in [-0.2, 0) is 11.3 Å². The normalized spacial score (nSPS) is 12.4. The van der Waals surface area contributed by atoms with E-state index >= 15 is 0 Å². The molecule has 0 saturated heterocycles. The SMILES string of the molecule is CC(N)C(=O)NCc1cccc2ccccc12. The molecule has 0 aliphatic rings. The van der Waals surface area contributed by atoms with E-state index in [1.165, 1.54) is 10.8 Å². The van der Waals surface area contributed by atoms with Crippen LogP contribution in [0.5, 0.6) is 0 Å². The highest BCUT2D eigenvalue weighted by atomic mass is 16.2. The van der Waals surface area contributed by atoms with E-state index in [1.54, 1.807) is 6.92 Å². The molecule has 1 unspecified atom stereocenters. The lowest BCUT2D eigenvalue weighted by molar-refractivity contribution is -0.122. The summed E-state index contributed by atoms with van der Waals surface area (Å²) in [4.78, 5) is 11.4. The minimum absolute atomic E-state index is 0.127. The Bertz CT molecular complexity index is 529. The van der Waals surface area contributed by atoms with Gasteiger partial charge in [0.05, 0.1) is 6.04 Å². The highest BCUT2D eigenvalue weighted by molar-refractivity contribution is 5.86. The molecule has 2 aromatic carbocycles. The Hall–Kier alpha value is -1.87. The predicted octanol–water partition coefficient (Wildman–Crippen LogP) is 1.80. The predicted molar refractivity (Wildman–Crippen MR) is 69.4 cm³/mol. The van der Waals surface area contributed by atoms with E-state index in [4.69, 9.17) is 5.73 Å². The molecule has 17 heavy (non-hydrogen) atoms. The van der Waals surface area contributed by atoms with Crippen LogP contribution < -0.4 is 11.1 Å². The van der Waals surface area contributed by atoms with Gasteiger partial charge in [-0.2, -0.15) is 0 Å². The minimum Gasteiger partial charge on any atom is -0.351 e. The van der Waals surface area contributed by atoms with Crippen LogP contribution in [0.1, 0.15) is 12.5 Å². The topological polar surface area (TPSA) is 55.1 Å². The summed E-state index contributed by atoms with van der Waals surface area (Å²) >= 11 is 0. The van der Waals surface area contributed by atoms with E-state index in [2.05, 4.69) is 23.5 Å². The molecule has 0 radical (unpaired) electrons. The average molecular weight is 228 g/mol. The van der Waals surface area contributed by atoms with Gasteiger partial charge in [0.1, 0.15) is 0 Å². The van der Waals surface area contributed by atoms with Gasteiger partial charge in [0.2, 0.25) is 5.91 Å². The molecule has 0 aliphatic heterocycles. The quantitative estimate of drug-likeness (QED) is 0.841. The van der Waals surface area contributed by atoms with Gasteiger partial charge < -0.3 is 11.1 Å². The summed E-state index contributed by atoms with van der Waals surface area (Å²) in [6, 6.07) is 13.7. The number of hydrogen-bond acceptors (Lipinski definition) is 2. The first-order chi connectivity index (χ1) is 8.18. The second-order valence-electron chi connectivity index (χ2n) is 4.14. The van der Waals surface area contributed by atoms with Crippen LogP contribution in [0, 0.1) is 0 Å². The van der Waals surface area contributed by atoms with Crippen LogP contribution in [0.25, 0.3) is 10.8 Å². The Labute approximate surface area is 101 Å². The van der Waals surface area contributed by atoms with E-state index in [1.807, 2.05) is 24.3 Å². The maximum Gasteiger partial charge on any atom is 0.236 e. The lowest BCUT2D eigenvalue weighted by Gasteiger charge is -2.10. The molecule has 2 aromatic rings. The van der Waals surface area contributed by atoms with E-state index in [0.717, 1.165) is 5.56 Å². The summed E-state index contributed by atoms with van der Waals surface area (Å²) in [5, 5.41) is 5.17. The monoisotopic (exact) mass is 228 g/mol. The van der Waals surface area contributed by atoms with Crippen molar-refractivity contribution < 1.29 is 4.79 Å². The van der Waals surface area contributed by atoms with Gasteiger partial charge in [-0.05, 0) is 23.3 Å². The molecular weight excluding hydrogens is 212 g/mol. The summed E-state index contributed by atoms with van der Waals surface area (Å²) in [6.07, 6.45) is 0. The zero-order valence-corrected chi connectivity index (χ0v) is 9.81. The van der Waals surface area contributed by atoms with Gasteiger partial charge in [-0.3, -0.25) is 4.79 Å². The molecule has 1 atom stereocenters. The van der Waals surface area contributed by atoms with Gasteiger partial charge >= 0.3 is 0 Å². The molecule has 0 aliphatic carbocycles. The molecule has 3 heteroatoms. The van der Waals surface area contributed by atoms with Gasteiger partial charge in [0.15, 0.2) is 0 Å². The summed E-state index contributed by atoms with van der Waals surface area (Å²) in [5.74, 6) is -0.127. The fraction of sp³-hybridized carbons (Fsp3) is 0.214. The first-order valence-corrected chi connectivity index (χ1v) is 5.68. The van der Waals surface area contributed by atoms with Gasteiger partial charge in [-0.15, -0.1) is 0 Å². The van der Waals surface area contributed by atoms with Crippen molar-refractivity contribution >= 4 is 16.7 Å². The molecule has 2 rings (SSSR count). The number of nitrogens with one attached hydrogen (secondary N) is 1. The van der Waals surface area contributed by atoms with E-state index in [-0.39, 0.29) is 5.91 Å². The van der Waals surface area contributed by atoms with Crippen LogP contribution in [0.3, 0.4) is 0 Å². The van der Waals surface area contributed by atoms with Crippen molar-refractivity contribution in [2.45, 2.75) is 19.5 Å². The van der Waals surface area contributed by atoms with Crippen LogP contribution in [-0.4, -0.2) is 11.9 Å². The fourth-order valence-corrected chi connectivity index (χ4v) is 1.79.